The lowest BCUT2D eigenvalue weighted by Gasteiger charge is -2.33. The smallest absolute Gasteiger partial charge is 0.233 e. The van der Waals surface area contributed by atoms with Crippen LogP contribution in [0.15, 0.2) is 58.6 Å². The van der Waals surface area contributed by atoms with Gasteiger partial charge in [0.2, 0.25) is 15.9 Å². The molecule has 1 unspecified atom stereocenters. The zero-order valence-electron chi connectivity index (χ0n) is 17.0. The number of piperidine rings is 1. The van der Waals surface area contributed by atoms with E-state index in [1.54, 1.807) is 6.26 Å². The predicted octanol–water partition coefficient (Wildman–Crippen LogP) is 2.90. The van der Waals surface area contributed by atoms with E-state index in [0.717, 1.165) is 42.7 Å². The lowest BCUT2D eigenvalue weighted by molar-refractivity contribution is -0.121. The molecule has 30 heavy (non-hydrogen) atoms. The largest absolute Gasteiger partial charge is 0.468 e. The third-order valence-electron chi connectivity index (χ3n) is 5.09. The molecule has 1 atom stereocenters. The Labute approximate surface area is 178 Å². The lowest BCUT2D eigenvalue weighted by Crippen LogP contribution is -2.41. The van der Waals surface area contributed by atoms with E-state index in [0.29, 0.717) is 6.54 Å². The van der Waals surface area contributed by atoms with Gasteiger partial charge in [0.15, 0.2) is 0 Å². The Morgan fingerprint density at radius 2 is 1.87 bits per heavy atom. The van der Waals surface area contributed by atoms with Gasteiger partial charge in [0, 0.05) is 24.9 Å². The summed E-state index contributed by atoms with van der Waals surface area (Å²) < 4.78 is 32.1. The van der Waals surface area contributed by atoms with E-state index < -0.39 is 10.0 Å². The number of hydrogen-bond donors (Lipinski definition) is 2. The van der Waals surface area contributed by atoms with Gasteiger partial charge in [-0.25, -0.2) is 13.1 Å². The molecule has 7 nitrogen and oxygen atoms in total. The molecular formula is C22H29N3O4S. The number of rotatable bonds is 10. The minimum Gasteiger partial charge on any atom is -0.468 e. The molecule has 1 fully saturated rings. The number of furan rings is 1. The summed E-state index contributed by atoms with van der Waals surface area (Å²) in [5.74, 6) is 0.641. The van der Waals surface area contributed by atoms with E-state index in [2.05, 4.69) is 14.9 Å². The van der Waals surface area contributed by atoms with Gasteiger partial charge >= 0.3 is 0 Å². The van der Waals surface area contributed by atoms with Gasteiger partial charge in [-0.05, 0) is 49.7 Å². The van der Waals surface area contributed by atoms with Crippen LogP contribution in [0.2, 0.25) is 0 Å². The van der Waals surface area contributed by atoms with Gasteiger partial charge in [-0.1, -0.05) is 36.8 Å². The van der Waals surface area contributed by atoms with Gasteiger partial charge in [-0.15, -0.1) is 0 Å². The fourth-order valence-electron chi connectivity index (χ4n) is 3.51. The number of sulfonamides is 1. The Morgan fingerprint density at radius 3 is 2.57 bits per heavy atom. The van der Waals surface area contributed by atoms with Gasteiger partial charge in [-0.3, -0.25) is 9.69 Å². The number of likely N-dealkylation sites (tertiary alicyclic amines) is 1. The highest BCUT2D eigenvalue weighted by atomic mass is 32.2. The van der Waals surface area contributed by atoms with Gasteiger partial charge < -0.3 is 9.73 Å². The van der Waals surface area contributed by atoms with Crippen molar-refractivity contribution in [1.82, 2.24) is 14.9 Å². The maximum absolute atomic E-state index is 12.3. The van der Waals surface area contributed by atoms with Crippen molar-refractivity contribution in [1.29, 1.82) is 0 Å². The standard InChI is InChI=1S/C22H29N3O4S/c26-22(11-13-24-30(27,28)17-12-19-8-3-1-4-9-19)23-18-20(21-10-7-16-29-21)25-14-5-2-6-15-25/h1,3-4,7-10,12,16-17,20,24H,2,5-6,11,13-15,18H2,(H,23,26). The predicted molar refractivity (Wildman–Crippen MR) is 117 cm³/mol. The van der Waals surface area contributed by atoms with E-state index in [4.69, 9.17) is 4.42 Å². The van der Waals surface area contributed by atoms with Crippen molar-refractivity contribution in [2.45, 2.75) is 31.7 Å². The molecule has 0 spiro atoms. The molecule has 1 aromatic carbocycles. The normalized spacial score (nSPS) is 16.5. The average molecular weight is 432 g/mol. The molecular weight excluding hydrogens is 402 g/mol. The van der Waals surface area contributed by atoms with Crippen LogP contribution in [0.25, 0.3) is 6.08 Å². The van der Waals surface area contributed by atoms with Gasteiger partial charge in [0.1, 0.15) is 5.76 Å². The molecule has 3 rings (SSSR count). The van der Waals surface area contributed by atoms with Crippen LogP contribution >= 0.6 is 0 Å². The lowest BCUT2D eigenvalue weighted by atomic mass is 10.1. The molecule has 2 N–H and O–H groups in total. The Morgan fingerprint density at radius 1 is 1.10 bits per heavy atom. The molecule has 162 valence electrons. The Balaban J connectivity index is 1.44. The van der Waals surface area contributed by atoms with Crippen LogP contribution in [0.5, 0.6) is 0 Å². The summed E-state index contributed by atoms with van der Waals surface area (Å²) in [6.45, 7) is 2.44. The van der Waals surface area contributed by atoms with Crippen LogP contribution < -0.4 is 10.0 Å². The molecule has 8 heteroatoms. The van der Waals surface area contributed by atoms with E-state index in [1.165, 1.54) is 12.5 Å². The Hall–Kier alpha value is -2.42. The summed E-state index contributed by atoms with van der Waals surface area (Å²) in [5, 5.41) is 4.03. The zero-order valence-corrected chi connectivity index (χ0v) is 17.8. The van der Waals surface area contributed by atoms with E-state index in [9.17, 15) is 13.2 Å². The van der Waals surface area contributed by atoms with Crippen LogP contribution in [0.4, 0.5) is 0 Å². The fraction of sp³-hybridized carbons (Fsp3) is 0.409. The second kappa shape index (κ2) is 11.1. The first-order valence-electron chi connectivity index (χ1n) is 10.3. The van der Waals surface area contributed by atoms with Crippen molar-refractivity contribution >= 4 is 22.0 Å². The first-order chi connectivity index (χ1) is 14.5. The molecule has 0 aliphatic carbocycles. The van der Waals surface area contributed by atoms with Crippen LogP contribution in [-0.4, -0.2) is 45.4 Å². The molecule has 0 saturated carbocycles. The molecule has 2 aromatic rings. The minimum absolute atomic E-state index is 0.00486. The van der Waals surface area contributed by atoms with E-state index in [1.807, 2.05) is 42.5 Å². The molecule has 1 aliphatic rings. The molecule has 1 aliphatic heterocycles. The highest BCUT2D eigenvalue weighted by Crippen LogP contribution is 2.24. The number of hydrogen-bond acceptors (Lipinski definition) is 5. The quantitative estimate of drug-likeness (QED) is 0.604. The number of carbonyl (C=O) groups is 1. The number of carbonyl (C=O) groups excluding carboxylic acids is 1. The van der Waals surface area contributed by atoms with E-state index in [-0.39, 0.29) is 24.9 Å². The van der Waals surface area contributed by atoms with Crippen molar-refractivity contribution in [2.24, 2.45) is 0 Å². The molecule has 1 amide bonds. The molecule has 0 radical (unpaired) electrons. The summed E-state index contributed by atoms with van der Waals surface area (Å²) in [5.41, 5.74) is 0.794. The highest BCUT2D eigenvalue weighted by Gasteiger charge is 2.24. The number of nitrogens with one attached hydrogen (secondary N) is 2. The fourth-order valence-corrected chi connectivity index (χ4v) is 4.33. The highest BCUT2D eigenvalue weighted by molar-refractivity contribution is 7.92. The molecule has 2 heterocycles. The monoisotopic (exact) mass is 431 g/mol. The Kier molecular flexibility index (Phi) is 8.24. The summed E-state index contributed by atoms with van der Waals surface area (Å²) in [4.78, 5) is 14.6. The number of amides is 1. The van der Waals surface area contributed by atoms with Gasteiger partial charge in [0.25, 0.3) is 0 Å². The first kappa shape index (κ1) is 22.3. The second-order valence-electron chi connectivity index (χ2n) is 7.33. The summed E-state index contributed by atoms with van der Waals surface area (Å²) in [6.07, 6.45) is 6.75. The summed E-state index contributed by atoms with van der Waals surface area (Å²) >= 11 is 0. The van der Waals surface area contributed by atoms with Crippen molar-refractivity contribution in [3.8, 4) is 0 Å². The van der Waals surface area contributed by atoms with Crippen molar-refractivity contribution in [3.63, 3.8) is 0 Å². The maximum Gasteiger partial charge on any atom is 0.233 e. The third kappa shape index (κ3) is 7.12. The molecule has 0 bridgehead atoms. The average Bonchev–Trinajstić information content (AvgIpc) is 3.28. The number of benzene rings is 1. The molecule has 1 saturated heterocycles. The molecule has 1 aromatic heterocycles. The van der Waals surface area contributed by atoms with Crippen molar-refractivity contribution < 1.29 is 17.6 Å². The zero-order chi connectivity index (χ0) is 21.2. The van der Waals surface area contributed by atoms with Crippen molar-refractivity contribution in [2.75, 3.05) is 26.2 Å². The maximum atomic E-state index is 12.3. The van der Waals surface area contributed by atoms with Crippen LogP contribution in [0.1, 0.15) is 43.0 Å². The number of nitrogens with zero attached hydrogens (tertiary/aromatic N) is 1. The van der Waals surface area contributed by atoms with Crippen molar-refractivity contribution in [3.05, 3.63) is 65.5 Å². The Bertz CT molecular complexity index is 905. The van der Waals surface area contributed by atoms with Gasteiger partial charge in [-0.2, -0.15) is 0 Å². The summed E-state index contributed by atoms with van der Waals surface area (Å²) in [7, 11) is -3.59. The second-order valence-corrected chi connectivity index (χ2v) is 8.99. The first-order valence-corrected chi connectivity index (χ1v) is 11.8. The third-order valence-corrected chi connectivity index (χ3v) is 6.19. The minimum atomic E-state index is -3.59. The van der Waals surface area contributed by atoms with Gasteiger partial charge in [0.05, 0.1) is 12.3 Å². The van der Waals surface area contributed by atoms with Crippen LogP contribution in [0.3, 0.4) is 0 Å². The topological polar surface area (TPSA) is 91.6 Å². The van der Waals surface area contributed by atoms with E-state index >= 15 is 0 Å². The van der Waals surface area contributed by atoms with Crippen LogP contribution in [0, 0.1) is 0 Å². The van der Waals surface area contributed by atoms with Crippen LogP contribution in [-0.2, 0) is 14.8 Å². The summed E-state index contributed by atoms with van der Waals surface area (Å²) in [6, 6.07) is 13.0. The SMILES string of the molecule is O=C(CCNS(=O)(=O)C=Cc1ccccc1)NCC(c1ccco1)N1CCCCC1.